The van der Waals surface area contributed by atoms with E-state index < -0.39 is 0 Å². The molecule has 0 fully saturated rings. The minimum atomic E-state index is -0.347. The standard InChI is InChI=1S/C51H33N3O/c1-4-11-37-28-40(23-18-32(37)8-1)35-16-21-36(22-17-35)49-52-50(43-25-20-34-10-3-6-13-39(34)30-43)54-51(53-49)45-14-7-15-46-48(45)44-27-26-42(31-47(44)55-46)41-24-19-33-9-2-5-12-38(33)29-41/h1-31,50H,(H,52,53,54). The Morgan fingerprint density at radius 1 is 0.418 bits per heavy atom. The summed E-state index contributed by atoms with van der Waals surface area (Å²) in [5, 5.41) is 13.0. The fourth-order valence-electron chi connectivity index (χ4n) is 8.01. The fraction of sp³-hybridized carbons (Fsp3) is 0.0196. The van der Waals surface area contributed by atoms with E-state index in [1.54, 1.807) is 0 Å². The molecule has 2 heterocycles. The van der Waals surface area contributed by atoms with Crippen LogP contribution in [0.3, 0.4) is 0 Å². The van der Waals surface area contributed by atoms with E-state index >= 15 is 0 Å². The largest absolute Gasteiger partial charge is 0.456 e. The maximum absolute atomic E-state index is 6.57. The number of fused-ring (bicyclic) bond motifs is 6. The molecule has 0 amide bonds. The molecule has 0 radical (unpaired) electrons. The molecule has 1 aliphatic rings. The molecule has 1 aliphatic heterocycles. The summed E-state index contributed by atoms with van der Waals surface area (Å²) in [7, 11) is 0. The molecule has 1 unspecified atom stereocenters. The highest BCUT2D eigenvalue weighted by molar-refractivity contribution is 6.22. The average Bonchev–Trinajstić information content (AvgIpc) is 3.64. The van der Waals surface area contributed by atoms with Gasteiger partial charge in [0.25, 0.3) is 0 Å². The van der Waals surface area contributed by atoms with Gasteiger partial charge in [-0.05, 0) is 96.5 Å². The van der Waals surface area contributed by atoms with Gasteiger partial charge in [-0.3, -0.25) is 0 Å². The van der Waals surface area contributed by atoms with Crippen molar-refractivity contribution in [3.63, 3.8) is 0 Å². The molecular weight excluding hydrogens is 671 g/mol. The second-order valence-electron chi connectivity index (χ2n) is 14.3. The third-order valence-electron chi connectivity index (χ3n) is 10.9. The van der Waals surface area contributed by atoms with Crippen molar-refractivity contribution >= 4 is 65.9 Å². The quantitative estimate of drug-likeness (QED) is 0.194. The molecule has 4 heteroatoms. The molecule has 10 aromatic rings. The molecule has 11 rings (SSSR count). The van der Waals surface area contributed by atoms with Crippen molar-refractivity contribution in [2.24, 2.45) is 9.98 Å². The topological polar surface area (TPSA) is 49.9 Å². The molecule has 9 aromatic carbocycles. The van der Waals surface area contributed by atoms with Crippen molar-refractivity contribution in [1.82, 2.24) is 5.32 Å². The minimum Gasteiger partial charge on any atom is -0.456 e. The first-order chi connectivity index (χ1) is 27.2. The van der Waals surface area contributed by atoms with Gasteiger partial charge in [-0.1, -0.05) is 152 Å². The molecule has 1 N–H and O–H groups in total. The van der Waals surface area contributed by atoms with Crippen LogP contribution in [0.5, 0.6) is 0 Å². The van der Waals surface area contributed by atoms with Crippen molar-refractivity contribution in [3.8, 4) is 22.3 Å². The number of nitrogens with zero attached hydrogens (tertiary/aromatic N) is 2. The summed E-state index contributed by atoms with van der Waals surface area (Å²) in [6.45, 7) is 0. The molecule has 0 saturated carbocycles. The molecule has 4 nitrogen and oxygen atoms in total. The lowest BCUT2D eigenvalue weighted by Crippen LogP contribution is -2.33. The van der Waals surface area contributed by atoms with E-state index in [9.17, 15) is 0 Å². The lowest BCUT2D eigenvalue weighted by molar-refractivity contribution is 0.668. The summed E-state index contributed by atoms with van der Waals surface area (Å²) in [6, 6.07) is 66.5. The van der Waals surface area contributed by atoms with Crippen molar-refractivity contribution in [1.29, 1.82) is 0 Å². The Balaban J connectivity index is 1.02. The van der Waals surface area contributed by atoms with Gasteiger partial charge >= 0.3 is 0 Å². The Morgan fingerprint density at radius 2 is 0.964 bits per heavy atom. The number of furan rings is 1. The number of hydrogen-bond donors (Lipinski definition) is 1. The zero-order valence-corrected chi connectivity index (χ0v) is 29.8. The molecule has 55 heavy (non-hydrogen) atoms. The van der Waals surface area contributed by atoms with Crippen LogP contribution in [0.2, 0.25) is 0 Å². The molecule has 0 saturated heterocycles. The minimum absolute atomic E-state index is 0.347. The summed E-state index contributed by atoms with van der Waals surface area (Å²) in [4.78, 5) is 10.6. The van der Waals surface area contributed by atoms with Crippen LogP contribution in [0, 0.1) is 0 Å². The van der Waals surface area contributed by atoms with Gasteiger partial charge in [-0.2, -0.15) is 0 Å². The highest BCUT2D eigenvalue weighted by Crippen LogP contribution is 2.37. The lowest BCUT2D eigenvalue weighted by Gasteiger charge is -2.24. The Morgan fingerprint density at radius 3 is 1.65 bits per heavy atom. The fourth-order valence-corrected chi connectivity index (χ4v) is 8.01. The zero-order chi connectivity index (χ0) is 36.3. The van der Waals surface area contributed by atoms with Gasteiger partial charge < -0.3 is 9.73 Å². The Kier molecular flexibility index (Phi) is 7.20. The van der Waals surface area contributed by atoms with Crippen LogP contribution in [-0.2, 0) is 0 Å². The van der Waals surface area contributed by atoms with E-state index in [2.05, 4.69) is 181 Å². The Hall–Kier alpha value is -7.30. The first-order valence-electron chi connectivity index (χ1n) is 18.7. The van der Waals surface area contributed by atoms with Crippen molar-refractivity contribution in [2.45, 2.75) is 6.17 Å². The molecule has 0 spiro atoms. The van der Waals surface area contributed by atoms with Gasteiger partial charge in [-0.15, -0.1) is 0 Å². The summed E-state index contributed by atoms with van der Waals surface area (Å²) >= 11 is 0. The van der Waals surface area contributed by atoms with E-state index in [1.807, 2.05) is 12.1 Å². The van der Waals surface area contributed by atoms with Crippen LogP contribution in [0.25, 0.3) is 76.5 Å². The maximum atomic E-state index is 6.57. The normalized spacial score (nSPS) is 14.4. The average molecular weight is 704 g/mol. The van der Waals surface area contributed by atoms with Crippen molar-refractivity contribution < 1.29 is 4.42 Å². The summed E-state index contributed by atoms with van der Waals surface area (Å²) in [5.74, 6) is 1.44. The summed E-state index contributed by atoms with van der Waals surface area (Å²) < 4.78 is 6.57. The first-order valence-corrected chi connectivity index (χ1v) is 18.7. The van der Waals surface area contributed by atoms with E-state index in [-0.39, 0.29) is 6.17 Å². The van der Waals surface area contributed by atoms with Crippen LogP contribution in [0.4, 0.5) is 0 Å². The zero-order valence-electron chi connectivity index (χ0n) is 29.8. The van der Waals surface area contributed by atoms with Gasteiger partial charge in [0.1, 0.15) is 23.2 Å². The van der Waals surface area contributed by atoms with E-state index in [0.717, 1.165) is 61.2 Å². The summed E-state index contributed by atoms with van der Waals surface area (Å²) in [6.07, 6.45) is -0.347. The monoisotopic (exact) mass is 703 g/mol. The van der Waals surface area contributed by atoms with Crippen LogP contribution in [0.1, 0.15) is 22.9 Å². The molecule has 258 valence electrons. The second kappa shape index (κ2) is 12.7. The number of aliphatic imine (C=N–C) groups is 2. The van der Waals surface area contributed by atoms with Gasteiger partial charge in [0, 0.05) is 21.9 Å². The van der Waals surface area contributed by atoms with Gasteiger partial charge in [0.2, 0.25) is 0 Å². The predicted octanol–water partition coefficient (Wildman–Crippen LogP) is 12.9. The SMILES string of the molecule is c1ccc2cc(-c3ccc(C4=NC(c5cccc6oc7cc(-c8ccc9ccccc9c8)ccc7c56)=NC(c5ccc6ccccc6c5)N4)cc3)ccc2c1. The van der Waals surface area contributed by atoms with Crippen molar-refractivity contribution in [3.05, 3.63) is 205 Å². The molecule has 0 bridgehead atoms. The Labute approximate surface area is 317 Å². The summed E-state index contributed by atoms with van der Waals surface area (Å²) in [5.41, 5.74) is 9.25. The molecule has 1 aromatic heterocycles. The highest BCUT2D eigenvalue weighted by atomic mass is 16.3. The van der Waals surface area contributed by atoms with Crippen LogP contribution < -0.4 is 5.32 Å². The number of nitrogens with one attached hydrogen (secondary N) is 1. The molecule has 0 aliphatic carbocycles. The number of hydrogen-bond acceptors (Lipinski definition) is 4. The smallest absolute Gasteiger partial charge is 0.160 e. The highest BCUT2D eigenvalue weighted by Gasteiger charge is 2.24. The number of benzene rings is 9. The lowest BCUT2D eigenvalue weighted by atomic mass is 9.99. The van der Waals surface area contributed by atoms with Crippen LogP contribution in [-0.4, -0.2) is 11.7 Å². The number of amidine groups is 2. The van der Waals surface area contributed by atoms with Crippen LogP contribution >= 0.6 is 0 Å². The Bertz CT molecular complexity index is 3190. The van der Waals surface area contributed by atoms with E-state index in [1.165, 1.54) is 37.9 Å². The second-order valence-corrected chi connectivity index (χ2v) is 14.3. The first kappa shape index (κ1) is 31.2. The third kappa shape index (κ3) is 5.55. The number of rotatable bonds is 5. The van der Waals surface area contributed by atoms with Gasteiger partial charge in [0.05, 0.1) is 0 Å². The van der Waals surface area contributed by atoms with Gasteiger partial charge in [-0.25, -0.2) is 9.98 Å². The van der Waals surface area contributed by atoms with Gasteiger partial charge in [0.15, 0.2) is 5.84 Å². The molecule has 1 atom stereocenters. The third-order valence-corrected chi connectivity index (χ3v) is 10.9. The van der Waals surface area contributed by atoms with Crippen LogP contribution in [0.15, 0.2) is 202 Å². The van der Waals surface area contributed by atoms with E-state index in [0.29, 0.717) is 5.84 Å². The maximum Gasteiger partial charge on any atom is 0.160 e. The molecular formula is C51H33N3O. The van der Waals surface area contributed by atoms with Crippen molar-refractivity contribution in [2.75, 3.05) is 0 Å². The predicted molar refractivity (Wildman–Crippen MR) is 229 cm³/mol. The van der Waals surface area contributed by atoms with E-state index in [4.69, 9.17) is 14.4 Å².